The van der Waals surface area contributed by atoms with Crippen molar-refractivity contribution >= 4 is 21.6 Å². The summed E-state index contributed by atoms with van der Waals surface area (Å²) in [5.41, 5.74) is 6.71. The normalized spacial score (nSPS) is 13.1. The molecule has 6 nitrogen and oxygen atoms in total. The molecule has 7 heteroatoms. The predicted molar refractivity (Wildman–Crippen MR) is 70.1 cm³/mol. The molecular weight excluding hydrogens is 254 g/mol. The van der Waals surface area contributed by atoms with Gasteiger partial charge in [0.15, 0.2) is 0 Å². The first kappa shape index (κ1) is 14.6. The van der Waals surface area contributed by atoms with Gasteiger partial charge in [0.2, 0.25) is 15.9 Å². The molecule has 1 rings (SSSR count). The number of nitrogens with two attached hydrogens (primary N) is 2. The predicted octanol–water partition coefficient (Wildman–Crippen LogP) is 0.151. The summed E-state index contributed by atoms with van der Waals surface area (Å²) in [5.74, 6) is -0.493. The summed E-state index contributed by atoms with van der Waals surface area (Å²) in [4.78, 5) is 11.5. The smallest absolute Gasteiger partial charge is 0.241 e. The molecule has 100 valence electrons. The summed E-state index contributed by atoms with van der Waals surface area (Å²) in [6, 6.07) is 5.87. The molecule has 0 aliphatic heterocycles. The van der Waals surface area contributed by atoms with Crippen LogP contribution in [-0.4, -0.2) is 20.4 Å². The maximum absolute atomic E-state index is 11.5. The van der Waals surface area contributed by atoms with Gasteiger partial charge in [-0.1, -0.05) is 19.1 Å². The monoisotopic (exact) mass is 271 g/mol. The van der Waals surface area contributed by atoms with Gasteiger partial charge in [0, 0.05) is 5.69 Å². The number of anilines is 1. The Morgan fingerprint density at radius 3 is 2.33 bits per heavy atom. The van der Waals surface area contributed by atoms with Crippen LogP contribution in [0.2, 0.25) is 0 Å². The molecule has 0 fully saturated rings. The first-order valence-corrected chi connectivity index (χ1v) is 7.19. The SMILES string of the molecule is CCC(N)C(=O)Nc1ccc(CS(N)(=O)=O)cc1. The van der Waals surface area contributed by atoms with Gasteiger partial charge >= 0.3 is 0 Å². The Labute approximate surface area is 106 Å². The van der Waals surface area contributed by atoms with E-state index < -0.39 is 16.1 Å². The standard InChI is InChI=1S/C11H17N3O3S/c1-2-10(12)11(15)14-9-5-3-8(4-6-9)7-18(13,16)17/h3-6,10H,2,7,12H2,1H3,(H,14,15)(H2,13,16,17). The second-order valence-corrected chi connectivity index (χ2v) is 5.62. The van der Waals surface area contributed by atoms with E-state index in [4.69, 9.17) is 10.9 Å². The number of nitrogens with one attached hydrogen (secondary N) is 1. The average Bonchev–Trinajstić information content (AvgIpc) is 2.28. The topological polar surface area (TPSA) is 115 Å². The van der Waals surface area contributed by atoms with Gasteiger partial charge in [-0.3, -0.25) is 4.79 Å². The lowest BCUT2D eigenvalue weighted by Gasteiger charge is -2.10. The Morgan fingerprint density at radius 1 is 1.33 bits per heavy atom. The minimum atomic E-state index is -3.54. The molecule has 18 heavy (non-hydrogen) atoms. The first-order chi connectivity index (χ1) is 8.31. The van der Waals surface area contributed by atoms with E-state index in [-0.39, 0.29) is 11.7 Å². The van der Waals surface area contributed by atoms with Crippen molar-refractivity contribution in [2.75, 3.05) is 5.32 Å². The van der Waals surface area contributed by atoms with Crippen molar-refractivity contribution in [2.45, 2.75) is 25.1 Å². The Kier molecular flexibility index (Phi) is 4.83. The molecule has 0 radical (unpaired) electrons. The minimum Gasteiger partial charge on any atom is -0.325 e. The molecule has 0 heterocycles. The fraction of sp³-hybridized carbons (Fsp3) is 0.364. The highest BCUT2D eigenvalue weighted by atomic mass is 32.2. The number of hydrogen-bond donors (Lipinski definition) is 3. The highest BCUT2D eigenvalue weighted by molar-refractivity contribution is 7.88. The highest BCUT2D eigenvalue weighted by Gasteiger charge is 2.11. The number of hydrogen-bond acceptors (Lipinski definition) is 4. The third-order valence-electron chi connectivity index (χ3n) is 2.37. The summed E-state index contributed by atoms with van der Waals surface area (Å²) in [5, 5.41) is 7.57. The van der Waals surface area contributed by atoms with E-state index in [1.807, 2.05) is 6.92 Å². The molecular formula is C11H17N3O3S. The molecule has 1 unspecified atom stereocenters. The Morgan fingerprint density at radius 2 is 1.89 bits per heavy atom. The van der Waals surface area contributed by atoms with Crippen LogP contribution in [0.25, 0.3) is 0 Å². The van der Waals surface area contributed by atoms with Crippen molar-refractivity contribution < 1.29 is 13.2 Å². The summed E-state index contributed by atoms with van der Waals surface area (Å²) in [6.45, 7) is 1.82. The third kappa shape index (κ3) is 4.82. The van der Waals surface area contributed by atoms with Crippen LogP contribution in [0.15, 0.2) is 24.3 Å². The van der Waals surface area contributed by atoms with Crippen molar-refractivity contribution in [2.24, 2.45) is 10.9 Å². The lowest BCUT2D eigenvalue weighted by Crippen LogP contribution is -2.34. The van der Waals surface area contributed by atoms with Crippen LogP contribution in [0.4, 0.5) is 5.69 Å². The summed E-state index contributed by atoms with van der Waals surface area (Å²) >= 11 is 0. The number of carbonyl (C=O) groups is 1. The van der Waals surface area contributed by atoms with Gasteiger partial charge in [-0.05, 0) is 24.1 Å². The van der Waals surface area contributed by atoms with Crippen LogP contribution in [0.5, 0.6) is 0 Å². The van der Waals surface area contributed by atoms with Gasteiger partial charge in [-0.2, -0.15) is 0 Å². The number of carbonyl (C=O) groups excluding carboxylic acids is 1. The summed E-state index contributed by atoms with van der Waals surface area (Å²) in [7, 11) is -3.54. The largest absolute Gasteiger partial charge is 0.325 e. The van der Waals surface area contributed by atoms with Gasteiger partial charge in [0.1, 0.15) is 0 Å². The van der Waals surface area contributed by atoms with Gasteiger partial charge in [0.25, 0.3) is 0 Å². The maximum Gasteiger partial charge on any atom is 0.241 e. The maximum atomic E-state index is 11.5. The van der Waals surface area contributed by atoms with Crippen molar-refractivity contribution in [3.63, 3.8) is 0 Å². The van der Waals surface area contributed by atoms with Gasteiger partial charge in [-0.15, -0.1) is 0 Å². The second kappa shape index (κ2) is 5.94. The molecule has 1 aromatic rings. The molecule has 0 spiro atoms. The number of sulfonamides is 1. The van der Waals surface area contributed by atoms with E-state index in [2.05, 4.69) is 5.32 Å². The Bertz CT molecular complexity index is 511. The molecule has 0 bridgehead atoms. The van der Waals surface area contributed by atoms with Crippen molar-refractivity contribution in [1.82, 2.24) is 0 Å². The average molecular weight is 271 g/mol. The summed E-state index contributed by atoms with van der Waals surface area (Å²) in [6.07, 6.45) is 0.551. The van der Waals surface area contributed by atoms with Gasteiger partial charge < -0.3 is 11.1 Å². The summed E-state index contributed by atoms with van der Waals surface area (Å²) < 4.78 is 21.8. The zero-order valence-corrected chi connectivity index (χ0v) is 10.9. The molecule has 0 saturated carbocycles. The minimum absolute atomic E-state index is 0.226. The molecule has 5 N–H and O–H groups in total. The number of benzene rings is 1. The zero-order chi connectivity index (χ0) is 13.8. The van der Waals surface area contributed by atoms with E-state index in [1.54, 1.807) is 24.3 Å². The number of primary sulfonamides is 1. The Hall–Kier alpha value is -1.44. The van der Waals surface area contributed by atoms with Crippen molar-refractivity contribution in [3.05, 3.63) is 29.8 Å². The van der Waals surface area contributed by atoms with Crippen molar-refractivity contribution in [3.8, 4) is 0 Å². The van der Waals surface area contributed by atoms with Crippen LogP contribution in [0.3, 0.4) is 0 Å². The van der Waals surface area contributed by atoms with Crippen LogP contribution in [0, 0.1) is 0 Å². The van der Waals surface area contributed by atoms with Crippen LogP contribution in [0.1, 0.15) is 18.9 Å². The van der Waals surface area contributed by atoms with E-state index in [9.17, 15) is 13.2 Å². The number of rotatable bonds is 5. The quantitative estimate of drug-likeness (QED) is 0.707. The molecule has 0 saturated heterocycles. The van der Waals surface area contributed by atoms with E-state index in [0.717, 1.165) is 0 Å². The van der Waals surface area contributed by atoms with Gasteiger partial charge in [-0.25, -0.2) is 13.6 Å². The Balaban J connectivity index is 2.69. The number of amides is 1. The molecule has 0 aromatic heterocycles. The van der Waals surface area contributed by atoms with E-state index in [1.165, 1.54) is 0 Å². The van der Waals surface area contributed by atoms with Crippen LogP contribution in [-0.2, 0) is 20.6 Å². The lowest BCUT2D eigenvalue weighted by atomic mass is 10.2. The molecule has 0 aliphatic carbocycles. The molecule has 1 aromatic carbocycles. The van der Waals surface area contributed by atoms with Gasteiger partial charge in [0.05, 0.1) is 11.8 Å². The second-order valence-electron chi connectivity index (χ2n) is 4.01. The van der Waals surface area contributed by atoms with E-state index in [0.29, 0.717) is 17.7 Å². The zero-order valence-electron chi connectivity index (χ0n) is 10.1. The molecule has 1 atom stereocenters. The fourth-order valence-electron chi connectivity index (χ4n) is 1.34. The third-order valence-corrected chi connectivity index (χ3v) is 3.10. The lowest BCUT2D eigenvalue weighted by molar-refractivity contribution is -0.117. The van der Waals surface area contributed by atoms with Crippen molar-refractivity contribution in [1.29, 1.82) is 0 Å². The fourth-order valence-corrected chi connectivity index (χ4v) is 1.99. The highest BCUT2D eigenvalue weighted by Crippen LogP contribution is 2.11. The molecule has 0 aliphatic rings. The van der Waals surface area contributed by atoms with Crippen LogP contribution < -0.4 is 16.2 Å². The van der Waals surface area contributed by atoms with Crippen LogP contribution >= 0.6 is 0 Å². The first-order valence-electron chi connectivity index (χ1n) is 5.47. The molecule has 1 amide bonds. The van der Waals surface area contributed by atoms with E-state index >= 15 is 0 Å².